The number of ether oxygens (including phenoxy) is 1. The largest absolute Gasteiger partial charge is 0.467 e. The van der Waals surface area contributed by atoms with Crippen molar-refractivity contribution in [3.8, 4) is 5.75 Å². The summed E-state index contributed by atoms with van der Waals surface area (Å²) < 4.78 is 8.92. The predicted octanol–water partition coefficient (Wildman–Crippen LogP) is 4.90. The Balaban J connectivity index is 1.71. The van der Waals surface area contributed by atoms with Crippen LogP contribution in [0.25, 0.3) is 6.08 Å². The molecule has 0 radical (unpaired) electrons. The van der Waals surface area contributed by atoms with Crippen LogP contribution in [0.1, 0.15) is 38.2 Å². The Hall–Kier alpha value is -0.360. The number of likely N-dealkylation sites (N-methyl/N-ethyl adjacent to an activating group) is 1. The van der Waals surface area contributed by atoms with Gasteiger partial charge in [-0.15, -0.1) is 0 Å². The molecule has 1 atom stereocenters. The lowest BCUT2D eigenvalue weighted by molar-refractivity contribution is -0.0919. The van der Waals surface area contributed by atoms with Crippen molar-refractivity contribution in [3.05, 3.63) is 32.2 Å². The first-order valence-electron chi connectivity index (χ1n) is 8.99. The minimum absolute atomic E-state index is 0.221. The van der Waals surface area contributed by atoms with Crippen LogP contribution in [0.3, 0.4) is 0 Å². The van der Waals surface area contributed by atoms with Gasteiger partial charge in [-0.25, -0.2) is 0 Å². The van der Waals surface area contributed by atoms with Crippen molar-refractivity contribution in [2.75, 3.05) is 32.7 Å². The van der Waals surface area contributed by atoms with Crippen LogP contribution in [-0.2, 0) is 0 Å². The van der Waals surface area contributed by atoms with Gasteiger partial charge in [0.1, 0.15) is 5.75 Å². The van der Waals surface area contributed by atoms with E-state index >= 15 is 0 Å². The van der Waals surface area contributed by atoms with Crippen LogP contribution in [0.5, 0.6) is 5.75 Å². The van der Waals surface area contributed by atoms with Gasteiger partial charge in [-0.05, 0) is 65.5 Å². The molecule has 0 aromatic heterocycles. The second-order valence-corrected chi connectivity index (χ2v) is 8.76. The molecule has 2 aliphatic heterocycles. The number of fused-ring (bicyclic) bond motifs is 2. The highest BCUT2D eigenvalue weighted by Crippen LogP contribution is 2.48. The molecule has 130 valence electrons. The maximum Gasteiger partial charge on any atom is 0.186 e. The van der Waals surface area contributed by atoms with Gasteiger partial charge in [0.25, 0.3) is 0 Å². The molecule has 0 bridgehead atoms. The Labute approximate surface area is 161 Å². The van der Waals surface area contributed by atoms with E-state index in [1.165, 1.54) is 24.0 Å². The van der Waals surface area contributed by atoms with Crippen LogP contribution < -0.4 is 4.74 Å². The zero-order chi connectivity index (χ0) is 16.7. The summed E-state index contributed by atoms with van der Waals surface area (Å²) in [6.07, 6.45) is 7.16. The van der Waals surface area contributed by atoms with E-state index in [0.29, 0.717) is 0 Å². The first-order chi connectivity index (χ1) is 11.6. The van der Waals surface area contributed by atoms with Crippen LogP contribution >= 0.6 is 31.9 Å². The molecule has 3 nitrogen and oxygen atoms in total. The molecule has 1 aromatic carbocycles. The predicted molar refractivity (Wildman–Crippen MR) is 105 cm³/mol. The van der Waals surface area contributed by atoms with Crippen LogP contribution in [0.15, 0.2) is 26.7 Å². The van der Waals surface area contributed by atoms with E-state index in [-0.39, 0.29) is 5.72 Å². The van der Waals surface area contributed by atoms with Crippen molar-refractivity contribution in [3.63, 3.8) is 0 Å². The standard InChI is InChI=1S/C19H24Br2N2O/c1-2-22-7-9-23(10-8-22)19-6-4-3-5-15(19)11-14-12-16(20)13-17(21)18(14)24-19/h11-13H,2-10H2,1H3. The summed E-state index contributed by atoms with van der Waals surface area (Å²) in [5, 5.41) is 0. The van der Waals surface area contributed by atoms with Crippen LogP contribution in [0, 0.1) is 0 Å². The molecule has 1 aromatic rings. The van der Waals surface area contributed by atoms with Gasteiger partial charge in [0.05, 0.1) is 4.47 Å². The zero-order valence-corrected chi connectivity index (χ0v) is 17.3. The minimum Gasteiger partial charge on any atom is -0.467 e. The highest BCUT2D eigenvalue weighted by Gasteiger charge is 2.47. The van der Waals surface area contributed by atoms with Crippen molar-refractivity contribution < 1.29 is 4.74 Å². The van der Waals surface area contributed by atoms with Crippen LogP contribution in [-0.4, -0.2) is 48.2 Å². The Morgan fingerprint density at radius 3 is 2.67 bits per heavy atom. The number of piperazine rings is 1. The summed E-state index contributed by atoms with van der Waals surface area (Å²) in [5.74, 6) is 1.00. The Bertz CT molecular complexity index is 668. The van der Waals surface area contributed by atoms with Crippen molar-refractivity contribution in [1.82, 2.24) is 9.80 Å². The Morgan fingerprint density at radius 1 is 1.12 bits per heavy atom. The van der Waals surface area contributed by atoms with Crippen LogP contribution in [0.4, 0.5) is 0 Å². The number of nitrogens with zero attached hydrogens (tertiary/aromatic N) is 2. The molecule has 0 N–H and O–H groups in total. The molecule has 0 spiro atoms. The van der Waals surface area contributed by atoms with Gasteiger partial charge < -0.3 is 9.64 Å². The summed E-state index contributed by atoms with van der Waals surface area (Å²) in [6, 6.07) is 4.25. The van der Waals surface area contributed by atoms with Crippen molar-refractivity contribution in [1.29, 1.82) is 0 Å². The molecule has 4 rings (SSSR count). The summed E-state index contributed by atoms with van der Waals surface area (Å²) in [7, 11) is 0. The second kappa shape index (κ2) is 6.75. The summed E-state index contributed by atoms with van der Waals surface area (Å²) in [6.45, 7) is 7.87. The van der Waals surface area contributed by atoms with Crippen molar-refractivity contribution >= 4 is 37.9 Å². The van der Waals surface area contributed by atoms with Gasteiger partial charge in [0, 0.05) is 42.6 Å². The van der Waals surface area contributed by atoms with Crippen molar-refractivity contribution in [2.24, 2.45) is 0 Å². The number of hydrogen-bond donors (Lipinski definition) is 0. The van der Waals surface area contributed by atoms with Gasteiger partial charge in [-0.3, -0.25) is 4.90 Å². The quantitative estimate of drug-likeness (QED) is 0.630. The molecule has 1 aliphatic carbocycles. The minimum atomic E-state index is -0.221. The average molecular weight is 456 g/mol. The van der Waals surface area contributed by atoms with E-state index in [2.05, 4.69) is 66.8 Å². The molecule has 2 fully saturated rings. The van der Waals surface area contributed by atoms with Gasteiger partial charge in [-0.1, -0.05) is 22.9 Å². The Kier molecular flexibility index (Phi) is 4.80. The molecule has 2 heterocycles. The third-order valence-electron chi connectivity index (χ3n) is 5.68. The highest BCUT2D eigenvalue weighted by molar-refractivity contribution is 9.11. The summed E-state index contributed by atoms with van der Waals surface area (Å²) in [4.78, 5) is 5.13. The highest BCUT2D eigenvalue weighted by atomic mass is 79.9. The maximum absolute atomic E-state index is 6.79. The fourth-order valence-corrected chi connectivity index (χ4v) is 5.68. The number of halogens is 2. The Morgan fingerprint density at radius 2 is 1.92 bits per heavy atom. The van der Waals surface area contributed by atoms with E-state index in [4.69, 9.17) is 4.74 Å². The average Bonchev–Trinajstić information content (AvgIpc) is 2.60. The molecule has 1 saturated carbocycles. The van der Waals surface area contributed by atoms with E-state index in [1.807, 2.05) is 0 Å². The second-order valence-electron chi connectivity index (χ2n) is 6.99. The first-order valence-corrected chi connectivity index (χ1v) is 10.6. The monoisotopic (exact) mass is 454 g/mol. The van der Waals surface area contributed by atoms with E-state index < -0.39 is 0 Å². The number of hydrogen-bond acceptors (Lipinski definition) is 3. The van der Waals surface area contributed by atoms with Gasteiger partial charge >= 0.3 is 0 Å². The molecular weight excluding hydrogens is 432 g/mol. The molecular formula is C19H24Br2N2O. The number of benzene rings is 1. The SMILES string of the molecule is CCN1CCN(C23CCCCC2=Cc2cc(Br)cc(Br)c2O3)CC1. The van der Waals surface area contributed by atoms with Crippen molar-refractivity contribution in [2.45, 2.75) is 38.3 Å². The normalized spacial score (nSPS) is 27.9. The van der Waals surface area contributed by atoms with E-state index in [1.54, 1.807) is 0 Å². The lowest BCUT2D eigenvalue weighted by Crippen LogP contribution is -2.62. The number of rotatable bonds is 2. The van der Waals surface area contributed by atoms with Gasteiger partial charge in [-0.2, -0.15) is 0 Å². The van der Waals surface area contributed by atoms with Gasteiger partial charge in [0.15, 0.2) is 5.72 Å². The van der Waals surface area contributed by atoms with Crippen LogP contribution in [0.2, 0.25) is 0 Å². The molecule has 5 heteroatoms. The molecule has 1 saturated heterocycles. The molecule has 0 amide bonds. The smallest absolute Gasteiger partial charge is 0.186 e. The maximum atomic E-state index is 6.79. The molecule has 24 heavy (non-hydrogen) atoms. The fraction of sp³-hybridized carbons (Fsp3) is 0.579. The van der Waals surface area contributed by atoms with E-state index in [9.17, 15) is 0 Å². The first kappa shape index (κ1) is 17.1. The lowest BCUT2D eigenvalue weighted by atomic mass is 9.82. The zero-order valence-electron chi connectivity index (χ0n) is 14.2. The topological polar surface area (TPSA) is 15.7 Å². The summed E-state index contributed by atoms with van der Waals surface area (Å²) >= 11 is 7.31. The molecule has 3 aliphatic rings. The summed E-state index contributed by atoms with van der Waals surface area (Å²) in [5.41, 5.74) is 2.44. The third kappa shape index (κ3) is 2.87. The van der Waals surface area contributed by atoms with E-state index in [0.717, 1.165) is 60.3 Å². The third-order valence-corrected chi connectivity index (χ3v) is 6.73. The molecule has 1 unspecified atom stereocenters. The van der Waals surface area contributed by atoms with Gasteiger partial charge in [0.2, 0.25) is 0 Å². The lowest BCUT2D eigenvalue weighted by Gasteiger charge is -2.52. The fourth-order valence-electron chi connectivity index (χ4n) is 4.34.